The second-order valence-electron chi connectivity index (χ2n) is 6.51. The Bertz CT molecular complexity index is 586. The van der Waals surface area contributed by atoms with Gasteiger partial charge in [0, 0.05) is 37.5 Å². The number of carbonyl (C=O) groups is 2. The van der Waals surface area contributed by atoms with Crippen LogP contribution in [0.5, 0.6) is 0 Å². The van der Waals surface area contributed by atoms with Crippen LogP contribution >= 0.6 is 11.8 Å². The van der Waals surface area contributed by atoms with Crippen molar-refractivity contribution in [1.82, 2.24) is 9.80 Å². The molecule has 0 radical (unpaired) electrons. The van der Waals surface area contributed by atoms with Gasteiger partial charge < -0.3 is 15.1 Å². The number of likely N-dealkylation sites (tertiary alicyclic amines) is 1. The molecule has 0 unspecified atom stereocenters. The van der Waals surface area contributed by atoms with Gasteiger partial charge in [-0.3, -0.25) is 4.79 Å². The van der Waals surface area contributed by atoms with Gasteiger partial charge >= 0.3 is 6.03 Å². The fraction of sp³-hybridized carbons (Fsp3) is 0.579. The molecular formula is C19H29N3O2S. The standard InChI is InChI=1S/C19H29N3O2S/c1-4-5-12-21(2)18(23)15-10-13-22(14-11-15)19(24)20-16-8-6-7-9-17(16)25-3/h6-9,15H,4-5,10-14H2,1-3H3,(H,20,24). The summed E-state index contributed by atoms with van der Waals surface area (Å²) in [5, 5.41) is 3.00. The zero-order valence-corrected chi connectivity index (χ0v) is 16.3. The number of para-hydroxylation sites is 1. The van der Waals surface area contributed by atoms with Crippen LogP contribution in [0.1, 0.15) is 32.6 Å². The van der Waals surface area contributed by atoms with Crippen LogP contribution in [-0.4, -0.2) is 54.7 Å². The average molecular weight is 364 g/mol. The predicted molar refractivity (Wildman–Crippen MR) is 104 cm³/mol. The van der Waals surface area contributed by atoms with E-state index in [9.17, 15) is 9.59 Å². The number of rotatable bonds is 6. The number of carbonyl (C=O) groups excluding carboxylic acids is 2. The Balaban J connectivity index is 1.85. The molecule has 1 N–H and O–H groups in total. The smallest absolute Gasteiger partial charge is 0.321 e. The normalized spacial score (nSPS) is 15.1. The van der Waals surface area contributed by atoms with Gasteiger partial charge in [-0.1, -0.05) is 25.5 Å². The van der Waals surface area contributed by atoms with Crippen LogP contribution in [0.15, 0.2) is 29.2 Å². The van der Waals surface area contributed by atoms with Crippen LogP contribution in [0.25, 0.3) is 0 Å². The zero-order chi connectivity index (χ0) is 18.2. The molecule has 1 aliphatic heterocycles. The van der Waals surface area contributed by atoms with Gasteiger partial charge in [0.1, 0.15) is 0 Å². The fourth-order valence-electron chi connectivity index (χ4n) is 3.09. The van der Waals surface area contributed by atoms with Crippen molar-refractivity contribution < 1.29 is 9.59 Å². The van der Waals surface area contributed by atoms with E-state index in [1.807, 2.05) is 47.4 Å². The van der Waals surface area contributed by atoms with Gasteiger partial charge in [-0.15, -0.1) is 11.8 Å². The van der Waals surface area contributed by atoms with Crippen LogP contribution in [-0.2, 0) is 4.79 Å². The van der Waals surface area contributed by atoms with Gasteiger partial charge in [0.25, 0.3) is 0 Å². The quantitative estimate of drug-likeness (QED) is 0.780. The number of nitrogens with one attached hydrogen (secondary N) is 1. The minimum atomic E-state index is -0.0771. The molecule has 1 aliphatic rings. The molecule has 6 heteroatoms. The molecule has 2 rings (SSSR count). The molecule has 1 aromatic carbocycles. The van der Waals surface area contributed by atoms with Crippen LogP contribution in [0, 0.1) is 5.92 Å². The Morgan fingerprint density at radius 1 is 1.28 bits per heavy atom. The summed E-state index contributed by atoms with van der Waals surface area (Å²) in [5.74, 6) is 0.269. The molecule has 0 bridgehead atoms. The molecule has 0 atom stereocenters. The van der Waals surface area contributed by atoms with E-state index in [1.165, 1.54) is 0 Å². The minimum absolute atomic E-state index is 0.0457. The second kappa shape index (κ2) is 9.70. The van der Waals surface area contributed by atoms with Crippen molar-refractivity contribution in [3.05, 3.63) is 24.3 Å². The number of unbranched alkanes of at least 4 members (excludes halogenated alkanes) is 1. The van der Waals surface area contributed by atoms with E-state index in [-0.39, 0.29) is 17.9 Å². The van der Waals surface area contributed by atoms with Crippen molar-refractivity contribution in [2.45, 2.75) is 37.5 Å². The number of anilines is 1. The monoisotopic (exact) mass is 363 g/mol. The van der Waals surface area contributed by atoms with Gasteiger partial charge in [-0.2, -0.15) is 0 Å². The maximum Gasteiger partial charge on any atom is 0.321 e. The summed E-state index contributed by atoms with van der Waals surface area (Å²) in [6.45, 7) is 4.21. The van der Waals surface area contributed by atoms with Crippen molar-refractivity contribution in [1.29, 1.82) is 0 Å². The molecule has 0 aromatic heterocycles. The lowest BCUT2D eigenvalue weighted by atomic mass is 9.95. The van der Waals surface area contributed by atoms with Gasteiger partial charge in [0.15, 0.2) is 0 Å². The van der Waals surface area contributed by atoms with E-state index >= 15 is 0 Å². The first-order valence-electron chi connectivity index (χ1n) is 9.00. The third kappa shape index (κ3) is 5.39. The summed E-state index contributed by atoms with van der Waals surface area (Å²) >= 11 is 1.61. The fourth-order valence-corrected chi connectivity index (χ4v) is 3.64. The lowest BCUT2D eigenvalue weighted by Crippen LogP contribution is -2.45. The molecule has 1 saturated heterocycles. The Morgan fingerprint density at radius 2 is 1.96 bits per heavy atom. The summed E-state index contributed by atoms with van der Waals surface area (Å²) < 4.78 is 0. The van der Waals surface area contributed by atoms with Crippen molar-refractivity contribution in [2.24, 2.45) is 5.92 Å². The molecule has 138 valence electrons. The van der Waals surface area contributed by atoms with Crippen LogP contribution in [0.3, 0.4) is 0 Å². The molecule has 1 heterocycles. The Hall–Kier alpha value is -1.69. The molecule has 0 saturated carbocycles. The summed E-state index contributed by atoms with van der Waals surface area (Å²) in [6, 6.07) is 7.73. The average Bonchev–Trinajstić information content (AvgIpc) is 2.66. The summed E-state index contributed by atoms with van der Waals surface area (Å²) in [4.78, 5) is 29.7. The molecule has 25 heavy (non-hydrogen) atoms. The molecular weight excluding hydrogens is 334 g/mol. The van der Waals surface area contributed by atoms with E-state index in [0.29, 0.717) is 13.1 Å². The number of benzene rings is 1. The van der Waals surface area contributed by atoms with Gasteiger partial charge in [-0.05, 0) is 37.7 Å². The topological polar surface area (TPSA) is 52.7 Å². The Kier molecular flexibility index (Phi) is 7.62. The Morgan fingerprint density at radius 3 is 2.60 bits per heavy atom. The molecule has 1 aromatic rings. The zero-order valence-electron chi connectivity index (χ0n) is 15.5. The predicted octanol–water partition coefficient (Wildman–Crippen LogP) is 3.91. The highest BCUT2D eigenvalue weighted by Crippen LogP contribution is 2.26. The number of thioether (sulfide) groups is 1. The maximum absolute atomic E-state index is 12.5. The van der Waals surface area contributed by atoms with Gasteiger partial charge in [0.2, 0.25) is 5.91 Å². The van der Waals surface area contributed by atoms with E-state index in [4.69, 9.17) is 0 Å². The first kappa shape index (κ1) is 19.6. The summed E-state index contributed by atoms with van der Waals surface area (Å²) in [7, 11) is 1.89. The third-order valence-electron chi connectivity index (χ3n) is 4.70. The van der Waals surface area contributed by atoms with Gasteiger partial charge in [-0.25, -0.2) is 4.79 Å². The van der Waals surface area contributed by atoms with Crippen molar-refractivity contribution >= 4 is 29.4 Å². The first-order valence-corrected chi connectivity index (χ1v) is 10.2. The first-order chi connectivity index (χ1) is 12.1. The number of piperidine rings is 1. The van der Waals surface area contributed by atoms with Crippen molar-refractivity contribution in [3.63, 3.8) is 0 Å². The highest BCUT2D eigenvalue weighted by atomic mass is 32.2. The second-order valence-corrected chi connectivity index (χ2v) is 7.35. The van der Waals surface area contributed by atoms with Crippen molar-refractivity contribution in [3.8, 4) is 0 Å². The summed E-state index contributed by atoms with van der Waals surface area (Å²) in [6.07, 6.45) is 5.61. The van der Waals surface area contributed by atoms with Crippen LogP contribution in [0.2, 0.25) is 0 Å². The molecule has 1 fully saturated rings. The lowest BCUT2D eigenvalue weighted by Gasteiger charge is -2.33. The van der Waals surface area contributed by atoms with E-state index in [1.54, 1.807) is 11.8 Å². The van der Waals surface area contributed by atoms with Crippen LogP contribution in [0.4, 0.5) is 10.5 Å². The number of urea groups is 1. The highest BCUT2D eigenvalue weighted by molar-refractivity contribution is 7.98. The van der Waals surface area contributed by atoms with Crippen molar-refractivity contribution in [2.75, 3.05) is 38.3 Å². The molecule has 5 nitrogen and oxygen atoms in total. The number of hydrogen-bond acceptors (Lipinski definition) is 3. The molecule has 0 spiro atoms. The van der Waals surface area contributed by atoms with E-state index in [0.717, 1.165) is 42.8 Å². The number of nitrogens with zero attached hydrogens (tertiary/aromatic N) is 2. The van der Waals surface area contributed by atoms with Crippen LogP contribution < -0.4 is 5.32 Å². The van der Waals surface area contributed by atoms with E-state index in [2.05, 4.69) is 12.2 Å². The highest BCUT2D eigenvalue weighted by Gasteiger charge is 2.29. The lowest BCUT2D eigenvalue weighted by molar-refractivity contribution is -0.135. The van der Waals surface area contributed by atoms with E-state index < -0.39 is 0 Å². The third-order valence-corrected chi connectivity index (χ3v) is 5.50. The maximum atomic E-state index is 12.5. The van der Waals surface area contributed by atoms with Gasteiger partial charge in [0.05, 0.1) is 5.69 Å². The molecule has 0 aliphatic carbocycles. The number of amides is 3. The largest absolute Gasteiger partial charge is 0.346 e. The SMILES string of the molecule is CCCCN(C)C(=O)C1CCN(C(=O)Nc2ccccc2SC)CC1. The summed E-state index contributed by atoms with van der Waals surface area (Å²) in [5.41, 5.74) is 0.845. The minimum Gasteiger partial charge on any atom is -0.346 e. The number of hydrogen-bond donors (Lipinski definition) is 1. The molecule has 3 amide bonds. The Labute approximate surface area is 155 Å².